The molecule has 1 aliphatic heterocycles. The third-order valence-corrected chi connectivity index (χ3v) is 6.98. The highest BCUT2D eigenvalue weighted by atomic mass is 16.2. The molecule has 1 aliphatic rings. The summed E-state index contributed by atoms with van der Waals surface area (Å²) in [6, 6.07) is 10.1. The van der Waals surface area contributed by atoms with Crippen LogP contribution in [0.5, 0.6) is 0 Å². The van der Waals surface area contributed by atoms with Crippen molar-refractivity contribution in [1.82, 2.24) is 19.8 Å². The highest BCUT2D eigenvalue weighted by Crippen LogP contribution is 2.40. The van der Waals surface area contributed by atoms with E-state index in [2.05, 4.69) is 30.9 Å². The van der Waals surface area contributed by atoms with Gasteiger partial charge in [-0.25, -0.2) is 9.97 Å². The average molecular weight is 448 g/mol. The van der Waals surface area contributed by atoms with Crippen molar-refractivity contribution in [3.63, 3.8) is 0 Å². The van der Waals surface area contributed by atoms with E-state index in [1.54, 1.807) is 17.3 Å². The maximum atomic E-state index is 12.7. The first-order chi connectivity index (χ1) is 16.0. The Morgan fingerprint density at radius 1 is 1.18 bits per heavy atom. The number of amides is 1. The van der Waals surface area contributed by atoms with Crippen LogP contribution in [0.1, 0.15) is 80.7 Å². The first-order valence-electron chi connectivity index (χ1n) is 12.3. The molecule has 0 N–H and O–H groups in total. The van der Waals surface area contributed by atoms with Crippen molar-refractivity contribution in [3.8, 4) is 6.07 Å². The van der Waals surface area contributed by atoms with Crippen molar-refractivity contribution in [2.75, 3.05) is 32.7 Å². The second-order valence-electron chi connectivity index (χ2n) is 9.24. The van der Waals surface area contributed by atoms with Crippen LogP contribution in [-0.4, -0.2) is 58.4 Å². The molecule has 0 saturated carbocycles. The van der Waals surface area contributed by atoms with E-state index in [4.69, 9.17) is 9.97 Å². The summed E-state index contributed by atoms with van der Waals surface area (Å²) in [6.45, 7) is 12.9. The quantitative estimate of drug-likeness (QED) is 0.559. The number of hydrogen-bond donors (Lipinski definition) is 0. The molecule has 1 atom stereocenters. The Balaban J connectivity index is 1.91. The molecule has 0 aliphatic carbocycles. The maximum absolute atomic E-state index is 12.7. The van der Waals surface area contributed by atoms with Crippen molar-refractivity contribution < 1.29 is 4.79 Å². The molecule has 0 radical (unpaired) electrons. The highest BCUT2D eigenvalue weighted by Gasteiger charge is 2.40. The van der Waals surface area contributed by atoms with Gasteiger partial charge in [-0.15, -0.1) is 0 Å². The van der Waals surface area contributed by atoms with Crippen LogP contribution in [0, 0.1) is 17.2 Å². The summed E-state index contributed by atoms with van der Waals surface area (Å²) in [5, 5.41) is 9.47. The fourth-order valence-corrected chi connectivity index (χ4v) is 5.05. The zero-order chi connectivity index (χ0) is 23.8. The van der Waals surface area contributed by atoms with Crippen molar-refractivity contribution in [1.29, 1.82) is 5.26 Å². The van der Waals surface area contributed by atoms with E-state index in [-0.39, 0.29) is 11.3 Å². The van der Waals surface area contributed by atoms with Crippen LogP contribution in [0.2, 0.25) is 0 Å². The molecule has 0 bridgehead atoms. The fraction of sp³-hybridized carbons (Fsp3) is 0.556. The molecule has 2 aromatic rings. The molecule has 3 rings (SSSR count). The number of piperidine rings is 1. The molecule has 0 spiro atoms. The third kappa shape index (κ3) is 5.59. The van der Waals surface area contributed by atoms with Gasteiger partial charge in [-0.1, -0.05) is 32.4 Å². The van der Waals surface area contributed by atoms with Gasteiger partial charge in [0.25, 0.3) is 5.91 Å². The number of nitrogens with zero attached hydrogens (tertiary/aromatic N) is 5. The summed E-state index contributed by atoms with van der Waals surface area (Å²) in [5.41, 5.74) is 1.91. The lowest BCUT2D eigenvalue weighted by Gasteiger charge is -2.42. The molecular weight excluding hydrogens is 410 g/mol. The molecule has 1 unspecified atom stereocenters. The summed E-state index contributed by atoms with van der Waals surface area (Å²) in [4.78, 5) is 26.5. The SMILES string of the molecule is CCCC(C)CN1CCC(c2cccc(C#N)c2)(c2ncc(C(=O)N(CC)CC)cn2)CC1. The molecule has 1 saturated heterocycles. The monoisotopic (exact) mass is 447 g/mol. The normalized spacial score (nSPS) is 16.7. The van der Waals surface area contributed by atoms with Crippen molar-refractivity contribution >= 4 is 5.91 Å². The zero-order valence-corrected chi connectivity index (χ0v) is 20.5. The van der Waals surface area contributed by atoms with Gasteiger partial charge in [0.15, 0.2) is 0 Å². The zero-order valence-electron chi connectivity index (χ0n) is 20.5. The summed E-state index contributed by atoms with van der Waals surface area (Å²) in [6.07, 6.45) is 7.60. The van der Waals surface area contributed by atoms with Crippen LogP contribution in [0.3, 0.4) is 0 Å². The minimum absolute atomic E-state index is 0.0354. The van der Waals surface area contributed by atoms with Crippen molar-refractivity contribution in [3.05, 3.63) is 59.2 Å². The lowest BCUT2D eigenvalue weighted by atomic mass is 9.71. The number of benzene rings is 1. The third-order valence-electron chi connectivity index (χ3n) is 6.98. The predicted molar refractivity (Wildman–Crippen MR) is 131 cm³/mol. The van der Waals surface area contributed by atoms with Crippen LogP contribution in [0.15, 0.2) is 36.7 Å². The number of aromatic nitrogens is 2. The summed E-state index contributed by atoms with van der Waals surface area (Å²) in [5.74, 6) is 1.40. The molecular formula is C27H37N5O. The van der Waals surface area contributed by atoms with Crippen LogP contribution >= 0.6 is 0 Å². The van der Waals surface area contributed by atoms with Crippen LogP contribution in [0.25, 0.3) is 0 Å². The van der Waals surface area contributed by atoms with Gasteiger partial charge in [-0.3, -0.25) is 4.79 Å². The summed E-state index contributed by atoms with van der Waals surface area (Å²) in [7, 11) is 0. The highest BCUT2D eigenvalue weighted by molar-refractivity contribution is 5.93. The van der Waals surface area contributed by atoms with E-state index in [1.165, 1.54) is 12.8 Å². The smallest absolute Gasteiger partial charge is 0.256 e. The summed E-state index contributed by atoms with van der Waals surface area (Å²) < 4.78 is 0. The number of rotatable bonds is 9. The molecule has 33 heavy (non-hydrogen) atoms. The molecule has 1 fully saturated rings. The Kier molecular flexibility index (Phi) is 8.57. The minimum Gasteiger partial charge on any atom is -0.339 e. The predicted octanol–water partition coefficient (Wildman–Crippen LogP) is 4.65. The van der Waals surface area contributed by atoms with E-state index in [9.17, 15) is 10.1 Å². The molecule has 1 aromatic heterocycles. The van der Waals surface area contributed by atoms with E-state index >= 15 is 0 Å². The van der Waals surface area contributed by atoms with Crippen LogP contribution in [-0.2, 0) is 5.41 Å². The van der Waals surface area contributed by atoms with Gasteiger partial charge in [0.05, 0.1) is 22.6 Å². The second kappa shape index (κ2) is 11.4. The molecule has 1 aromatic carbocycles. The number of nitriles is 1. The summed E-state index contributed by atoms with van der Waals surface area (Å²) >= 11 is 0. The first-order valence-corrected chi connectivity index (χ1v) is 12.3. The standard InChI is InChI=1S/C27H37N5O/c1-5-9-21(4)20-31-14-12-27(13-15-31,24-11-8-10-22(16-24)17-28)26-29-18-23(19-30-26)25(33)32(6-2)7-3/h8,10-11,16,18-19,21H,5-7,9,12-15,20H2,1-4H3. The van der Waals surface area contributed by atoms with Crippen LogP contribution in [0.4, 0.5) is 0 Å². The van der Waals surface area contributed by atoms with Gasteiger partial charge in [0.1, 0.15) is 5.82 Å². The van der Waals surface area contributed by atoms with E-state index in [0.29, 0.717) is 30.1 Å². The van der Waals surface area contributed by atoms with Gasteiger partial charge in [-0.2, -0.15) is 5.26 Å². The van der Waals surface area contributed by atoms with Gasteiger partial charge in [0, 0.05) is 32.0 Å². The van der Waals surface area contributed by atoms with Crippen LogP contribution < -0.4 is 0 Å². The Morgan fingerprint density at radius 3 is 2.42 bits per heavy atom. The van der Waals surface area contributed by atoms with Gasteiger partial charge < -0.3 is 9.80 Å². The lowest BCUT2D eigenvalue weighted by Crippen LogP contribution is -2.45. The molecule has 2 heterocycles. The Hall–Kier alpha value is -2.78. The second-order valence-corrected chi connectivity index (χ2v) is 9.24. The molecule has 1 amide bonds. The Bertz CT molecular complexity index is 953. The van der Waals surface area contributed by atoms with Crippen molar-refractivity contribution in [2.24, 2.45) is 5.92 Å². The average Bonchev–Trinajstić information content (AvgIpc) is 2.85. The molecule has 6 heteroatoms. The molecule has 176 valence electrons. The van der Waals surface area contributed by atoms with E-state index in [0.717, 1.165) is 43.9 Å². The van der Waals surface area contributed by atoms with E-state index < -0.39 is 0 Å². The first kappa shape index (κ1) is 24.9. The number of carbonyl (C=O) groups excluding carboxylic acids is 1. The Labute approximate surface area is 198 Å². The Morgan fingerprint density at radius 2 is 1.85 bits per heavy atom. The van der Waals surface area contributed by atoms with Gasteiger partial charge in [-0.05, 0) is 69.8 Å². The largest absolute Gasteiger partial charge is 0.339 e. The minimum atomic E-state index is -0.353. The fourth-order valence-electron chi connectivity index (χ4n) is 5.05. The van der Waals surface area contributed by atoms with Gasteiger partial charge >= 0.3 is 0 Å². The number of carbonyl (C=O) groups is 1. The van der Waals surface area contributed by atoms with Crippen molar-refractivity contribution in [2.45, 2.75) is 58.8 Å². The molecule has 6 nitrogen and oxygen atoms in total. The number of hydrogen-bond acceptors (Lipinski definition) is 5. The van der Waals surface area contributed by atoms with Gasteiger partial charge in [0.2, 0.25) is 0 Å². The van der Waals surface area contributed by atoms with E-state index in [1.807, 2.05) is 32.0 Å². The lowest BCUT2D eigenvalue weighted by molar-refractivity contribution is 0.0772. The number of likely N-dealkylation sites (tertiary alicyclic amines) is 1. The topological polar surface area (TPSA) is 73.1 Å². The maximum Gasteiger partial charge on any atom is 0.256 e.